The van der Waals surface area contributed by atoms with Crippen LogP contribution >= 0.6 is 11.6 Å². The maximum atomic E-state index is 11.9. The van der Waals surface area contributed by atoms with Crippen LogP contribution in [0.5, 0.6) is 0 Å². The third kappa shape index (κ3) is 8.60. The van der Waals surface area contributed by atoms with E-state index in [9.17, 15) is 9.59 Å². The summed E-state index contributed by atoms with van der Waals surface area (Å²) < 4.78 is 0. The van der Waals surface area contributed by atoms with E-state index in [-0.39, 0.29) is 24.3 Å². The summed E-state index contributed by atoms with van der Waals surface area (Å²) in [6.45, 7) is 6.75. The van der Waals surface area contributed by atoms with Gasteiger partial charge in [-0.1, -0.05) is 38.3 Å². The monoisotopic (exact) mass is 338 g/mol. The third-order valence-electron chi connectivity index (χ3n) is 3.57. The summed E-state index contributed by atoms with van der Waals surface area (Å²) in [5, 5.41) is 6.29. The Kier molecular flexibility index (Phi) is 8.70. The first-order chi connectivity index (χ1) is 10.9. The lowest BCUT2D eigenvalue weighted by Crippen LogP contribution is -2.35. The van der Waals surface area contributed by atoms with Gasteiger partial charge in [0, 0.05) is 29.6 Å². The minimum atomic E-state index is -0.195. The van der Waals surface area contributed by atoms with Crippen molar-refractivity contribution >= 4 is 23.4 Å². The summed E-state index contributed by atoms with van der Waals surface area (Å²) in [7, 11) is 0. The highest BCUT2D eigenvalue weighted by molar-refractivity contribution is 6.30. The predicted molar refractivity (Wildman–Crippen MR) is 94.7 cm³/mol. The van der Waals surface area contributed by atoms with E-state index >= 15 is 0 Å². The highest BCUT2D eigenvalue weighted by Crippen LogP contribution is 2.09. The van der Waals surface area contributed by atoms with Gasteiger partial charge in [-0.15, -0.1) is 0 Å². The van der Waals surface area contributed by atoms with Gasteiger partial charge < -0.3 is 10.6 Å². The molecule has 1 unspecified atom stereocenters. The van der Waals surface area contributed by atoms with Crippen LogP contribution in [0.25, 0.3) is 0 Å². The number of carbonyl (C=O) groups excluding carboxylic acids is 2. The summed E-state index contributed by atoms with van der Waals surface area (Å²) >= 11 is 5.78. The molecule has 23 heavy (non-hydrogen) atoms. The second kappa shape index (κ2) is 10.3. The maximum Gasteiger partial charge on any atom is 0.251 e. The Morgan fingerprint density at radius 2 is 1.74 bits per heavy atom. The summed E-state index contributed by atoms with van der Waals surface area (Å²) in [4.78, 5) is 23.7. The normalized spacial score (nSPS) is 12.0. The minimum absolute atomic E-state index is 0.0292. The summed E-state index contributed by atoms with van der Waals surface area (Å²) in [6, 6.07) is 6.83. The maximum absolute atomic E-state index is 11.9. The smallest absolute Gasteiger partial charge is 0.251 e. The SMILES string of the molecule is CC(C)CCCC(C)NC(=O)CCNC(=O)c1ccc(Cl)cc1. The Morgan fingerprint density at radius 1 is 1.09 bits per heavy atom. The van der Waals surface area contributed by atoms with Gasteiger partial charge in [-0.25, -0.2) is 0 Å². The zero-order valence-corrected chi connectivity index (χ0v) is 15.0. The van der Waals surface area contributed by atoms with Crippen molar-refractivity contribution in [2.24, 2.45) is 5.92 Å². The van der Waals surface area contributed by atoms with E-state index in [0.29, 0.717) is 23.0 Å². The molecule has 0 aliphatic rings. The lowest BCUT2D eigenvalue weighted by atomic mass is 10.0. The van der Waals surface area contributed by atoms with E-state index in [0.717, 1.165) is 12.8 Å². The van der Waals surface area contributed by atoms with Crippen molar-refractivity contribution < 1.29 is 9.59 Å². The highest BCUT2D eigenvalue weighted by atomic mass is 35.5. The number of halogens is 1. The number of nitrogens with one attached hydrogen (secondary N) is 2. The van der Waals surface area contributed by atoms with E-state index in [1.165, 1.54) is 6.42 Å². The Morgan fingerprint density at radius 3 is 2.35 bits per heavy atom. The van der Waals surface area contributed by atoms with Crippen molar-refractivity contribution in [3.05, 3.63) is 34.9 Å². The van der Waals surface area contributed by atoms with Crippen LogP contribution in [0, 0.1) is 5.92 Å². The summed E-state index contributed by atoms with van der Waals surface area (Å²) in [6.07, 6.45) is 3.57. The van der Waals surface area contributed by atoms with Crippen LogP contribution in [0.2, 0.25) is 5.02 Å². The number of carbonyl (C=O) groups is 2. The van der Waals surface area contributed by atoms with Gasteiger partial charge in [0.1, 0.15) is 0 Å². The van der Waals surface area contributed by atoms with Crippen molar-refractivity contribution in [3.8, 4) is 0 Å². The van der Waals surface area contributed by atoms with E-state index in [1.54, 1.807) is 24.3 Å². The average molecular weight is 339 g/mol. The molecule has 0 bridgehead atoms. The van der Waals surface area contributed by atoms with Crippen LogP contribution in [0.15, 0.2) is 24.3 Å². The molecule has 0 aliphatic heterocycles. The molecule has 0 heterocycles. The molecule has 0 aromatic heterocycles. The molecule has 1 atom stereocenters. The molecule has 0 saturated carbocycles. The van der Waals surface area contributed by atoms with E-state index in [2.05, 4.69) is 24.5 Å². The molecular formula is C18H27ClN2O2. The first kappa shape index (κ1) is 19.5. The molecule has 2 N–H and O–H groups in total. The fourth-order valence-corrected chi connectivity index (χ4v) is 2.37. The van der Waals surface area contributed by atoms with Crippen molar-refractivity contribution in [3.63, 3.8) is 0 Å². The molecule has 0 radical (unpaired) electrons. The molecule has 1 aromatic rings. The third-order valence-corrected chi connectivity index (χ3v) is 3.82. The molecule has 128 valence electrons. The zero-order valence-electron chi connectivity index (χ0n) is 14.2. The van der Waals surface area contributed by atoms with Crippen LogP contribution in [0.3, 0.4) is 0 Å². The lowest BCUT2D eigenvalue weighted by molar-refractivity contribution is -0.121. The highest BCUT2D eigenvalue weighted by Gasteiger charge is 2.09. The van der Waals surface area contributed by atoms with Gasteiger partial charge in [0.15, 0.2) is 0 Å². The standard InChI is InChI=1S/C18H27ClN2O2/c1-13(2)5-4-6-14(3)21-17(22)11-12-20-18(23)15-7-9-16(19)10-8-15/h7-10,13-14H,4-6,11-12H2,1-3H3,(H,20,23)(H,21,22). The van der Waals surface area contributed by atoms with Crippen molar-refractivity contribution in [1.82, 2.24) is 10.6 Å². The molecule has 1 rings (SSSR count). The van der Waals surface area contributed by atoms with Gasteiger partial charge in [-0.2, -0.15) is 0 Å². The van der Waals surface area contributed by atoms with E-state index in [1.807, 2.05) is 6.92 Å². The number of rotatable bonds is 9. The lowest BCUT2D eigenvalue weighted by Gasteiger charge is -2.14. The van der Waals surface area contributed by atoms with Crippen LogP contribution in [0.4, 0.5) is 0 Å². The quantitative estimate of drug-likeness (QED) is 0.719. The van der Waals surface area contributed by atoms with Gasteiger partial charge >= 0.3 is 0 Å². The molecule has 0 fully saturated rings. The molecule has 5 heteroatoms. The number of amides is 2. The number of hydrogen-bond acceptors (Lipinski definition) is 2. The Bertz CT molecular complexity index is 500. The molecule has 2 amide bonds. The van der Waals surface area contributed by atoms with Crippen LogP contribution in [-0.2, 0) is 4.79 Å². The largest absolute Gasteiger partial charge is 0.354 e. The topological polar surface area (TPSA) is 58.2 Å². The molecule has 1 aromatic carbocycles. The summed E-state index contributed by atoms with van der Waals surface area (Å²) in [5.74, 6) is 0.471. The van der Waals surface area contributed by atoms with Crippen molar-refractivity contribution in [2.75, 3.05) is 6.54 Å². The molecule has 0 aliphatic carbocycles. The molecule has 0 spiro atoms. The number of benzene rings is 1. The number of hydrogen-bond donors (Lipinski definition) is 2. The van der Waals surface area contributed by atoms with Gasteiger partial charge in [-0.05, 0) is 43.5 Å². The van der Waals surface area contributed by atoms with Crippen molar-refractivity contribution in [1.29, 1.82) is 0 Å². The fraction of sp³-hybridized carbons (Fsp3) is 0.556. The minimum Gasteiger partial charge on any atom is -0.354 e. The second-order valence-corrected chi connectivity index (χ2v) is 6.74. The van der Waals surface area contributed by atoms with Crippen LogP contribution in [-0.4, -0.2) is 24.4 Å². The average Bonchev–Trinajstić information content (AvgIpc) is 2.47. The first-order valence-corrected chi connectivity index (χ1v) is 8.59. The second-order valence-electron chi connectivity index (χ2n) is 6.31. The van der Waals surface area contributed by atoms with Gasteiger partial charge in [0.05, 0.1) is 0 Å². The van der Waals surface area contributed by atoms with Gasteiger partial charge in [-0.3, -0.25) is 9.59 Å². The first-order valence-electron chi connectivity index (χ1n) is 8.21. The van der Waals surface area contributed by atoms with Gasteiger partial charge in [0.2, 0.25) is 5.91 Å². The molecular weight excluding hydrogens is 312 g/mol. The van der Waals surface area contributed by atoms with Crippen molar-refractivity contribution in [2.45, 2.75) is 52.5 Å². The molecule has 4 nitrogen and oxygen atoms in total. The zero-order chi connectivity index (χ0) is 17.2. The van der Waals surface area contributed by atoms with Crippen LogP contribution in [0.1, 0.15) is 56.8 Å². The van der Waals surface area contributed by atoms with Crippen LogP contribution < -0.4 is 10.6 Å². The Labute approximate surface area is 144 Å². The predicted octanol–water partition coefficient (Wildman–Crippen LogP) is 3.79. The Balaban J connectivity index is 2.20. The van der Waals surface area contributed by atoms with Gasteiger partial charge in [0.25, 0.3) is 5.91 Å². The van der Waals surface area contributed by atoms with E-state index < -0.39 is 0 Å². The van der Waals surface area contributed by atoms with E-state index in [4.69, 9.17) is 11.6 Å². The Hall–Kier alpha value is -1.55. The summed E-state index contributed by atoms with van der Waals surface area (Å²) in [5.41, 5.74) is 0.539. The fourth-order valence-electron chi connectivity index (χ4n) is 2.24. The molecule has 0 saturated heterocycles.